The minimum absolute atomic E-state index is 0.229. The molecule has 0 saturated carbocycles. The van der Waals surface area contributed by atoms with E-state index >= 15 is 0 Å². The molecule has 1 heterocycles. The van der Waals surface area contributed by atoms with Gasteiger partial charge in [0, 0.05) is 19.6 Å². The van der Waals surface area contributed by atoms with E-state index in [9.17, 15) is 9.65 Å². The molecule has 1 fully saturated rings. The summed E-state index contributed by atoms with van der Waals surface area (Å²) in [4.78, 5) is 2.23. The van der Waals surface area contributed by atoms with Crippen LogP contribution in [-0.2, 0) is 6.54 Å². The fraction of sp³-hybridized carbons (Fsp3) is 0.500. The lowest BCUT2D eigenvalue weighted by Crippen LogP contribution is -2.51. The first kappa shape index (κ1) is 13.0. The van der Waals surface area contributed by atoms with Crippen LogP contribution in [-0.4, -0.2) is 30.6 Å². The summed E-state index contributed by atoms with van der Waals surface area (Å²) in [5.41, 5.74) is 0.575. The molecule has 1 N–H and O–H groups in total. The van der Waals surface area contributed by atoms with Crippen LogP contribution in [0.1, 0.15) is 18.4 Å². The molecule has 1 aliphatic heterocycles. The van der Waals surface area contributed by atoms with Gasteiger partial charge in [-0.2, -0.15) is 5.26 Å². The highest BCUT2D eigenvalue weighted by molar-refractivity contribution is 5.18. The Hall–Kier alpha value is -1.44. The highest BCUT2D eigenvalue weighted by Gasteiger charge is 2.32. The lowest BCUT2D eigenvalue weighted by atomic mass is 9.89. The van der Waals surface area contributed by atoms with Gasteiger partial charge in [0.05, 0.1) is 6.07 Å². The zero-order valence-corrected chi connectivity index (χ0v) is 10.6. The first-order valence-corrected chi connectivity index (χ1v) is 6.23. The van der Waals surface area contributed by atoms with Gasteiger partial charge >= 0.3 is 0 Å². The summed E-state index contributed by atoms with van der Waals surface area (Å²) < 4.78 is 12.8. The molecular weight excluding hydrogens is 229 g/mol. The van der Waals surface area contributed by atoms with Gasteiger partial charge in [0.15, 0.2) is 0 Å². The van der Waals surface area contributed by atoms with Crippen molar-refractivity contribution in [2.45, 2.75) is 24.9 Å². The van der Waals surface area contributed by atoms with Crippen LogP contribution in [0.3, 0.4) is 0 Å². The number of hydrogen-bond donors (Lipinski definition) is 1. The first-order valence-electron chi connectivity index (χ1n) is 6.23. The maximum Gasteiger partial charge on any atom is 0.123 e. The van der Waals surface area contributed by atoms with Crippen molar-refractivity contribution in [3.63, 3.8) is 0 Å². The minimum atomic E-state index is -0.430. The van der Waals surface area contributed by atoms with Crippen molar-refractivity contribution in [2.24, 2.45) is 0 Å². The zero-order valence-electron chi connectivity index (χ0n) is 10.6. The van der Waals surface area contributed by atoms with E-state index < -0.39 is 5.54 Å². The second kappa shape index (κ2) is 5.47. The Morgan fingerprint density at radius 1 is 1.33 bits per heavy atom. The Bertz CT molecular complexity index is 427. The second-order valence-corrected chi connectivity index (χ2v) is 4.98. The third-order valence-corrected chi connectivity index (χ3v) is 3.60. The lowest BCUT2D eigenvalue weighted by Gasteiger charge is -2.36. The number of nitrogens with one attached hydrogen (secondary N) is 1. The van der Waals surface area contributed by atoms with E-state index in [1.165, 1.54) is 12.1 Å². The van der Waals surface area contributed by atoms with Gasteiger partial charge in [-0.25, -0.2) is 4.39 Å². The third kappa shape index (κ3) is 3.06. The Morgan fingerprint density at radius 3 is 2.50 bits per heavy atom. The van der Waals surface area contributed by atoms with Crippen molar-refractivity contribution in [3.8, 4) is 6.07 Å². The summed E-state index contributed by atoms with van der Waals surface area (Å²) in [6.07, 6.45) is 1.67. The van der Waals surface area contributed by atoms with Crippen molar-refractivity contribution in [1.82, 2.24) is 10.2 Å². The van der Waals surface area contributed by atoms with Crippen LogP contribution >= 0.6 is 0 Å². The summed E-state index contributed by atoms with van der Waals surface area (Å²) in [5, 5.41) is 12.7. The average Bonchev–Trinajstić information content (AvgIpc) is 2.41. The van der Waals surface area contributed by atoms with Gasteiger partial charge in [-0.3, -0.25) is 5.32 Å². The van der Waals surface area contributed by atoms with Crippen LogP contribution in [0.2, 0.25) is 0 Å². The highest BCUT2D eigenvalue weighted by Crippen LogP contribution is 2.21. The quantitative estimate of drug-likeness (QED) is 0.886. The average molecular weight is 247 g/mol. The number of rotatable bonds is 3. The van der Waals surface area contributed by atoms with E-state index in [2.05, 4.69) is 23.3 Å². The predicted molar refractivity (Wildman–Crippen MR) is 68.3 cm³/mol. The summed E-state index contributed by atoms with van der Waals surface area (Å²) in [5.74, 6) is -0.229. The van der Waals surface area contributed by atoms with Crippen molar-refractivity contribution in [2.75, 3.05) is 20.1 Å². The standard InChI is InChI=1S/C14H18FN3/c1-18-8-6-14(11-16,7-9-18)17-10-12-2-4-13(15)5-3-12/h2-5,17H,6-10H2,1H3. The minimum Gasteiger partial charge on any atom is -0.306 e. The van der Waals surface area contributed by atoms with Crippen LogP contribution in [0.25, 0.3) is 0 Å². The molecule has 4 heteroatoms. The van der Waals surface area contributed by atoms with Crippen LogP contribution in [0, 0.1) is 17.1 Å². The molecule has 96 valence electrons. The Balaban J connectivity index is 1.95. The smallest absolute Gasteiger partial charge is 0.123 e. The monoisotopic (exact) mass is 247 g/mol. The van der Waals surface area contributed by atoms with Crippen LogP contribution < -0.4 is 5.32 Å². The van der Waals surface area contributed by atoms with Gasteiger partial charge in [-0.15, -0.1) is 0 Å². The van der Waals surface area contributed by atoms with E-state index in [1.807, 2.05) is 0 Å². The van der Waals surface area contributed by atoms with Gasteiger partial charge in [-0.1, -0.05) is 12.1 Å². The number of hydrogen-bond acceptors (Lipinski definition) is 3. The molecule has 18 heavy (non-hydrogen) atoms. The van der Waals surface area contributed by atoms with Gasteiger partial charge in [0.25, 0.3) is 0 Å². The highest BCUT2D eigenvalue weighted by atomic mass is 19.1. The maximum absolute atomic E-state index is 12.8. The summed E-state index contributed by atoms with van der Waals surface area (Å²) in [6.45, 7) is 2.48. The van der Waals surface area contributed by atoms with Crippen LogP contribution in [0.5, 0.6) is 0 Å². The van der Waals surface area contributed by atoms with Crippen molar-refractivity contribution in [1.29, 1.82) is 5.26 Å². The number of nitriles is 1. The number of likely N-dealkylation sites (tertiary alicyclic amines) is 1. The first-order chi connectivity index (χ1) is 8.63. The van der Waals surface area contributed by atoms with Gasteiger partial charge in [0.2, 0.25) is 0 Å². The molecule has 0 aliphatic carbocycles. The van der Waals surface area contributed by atoms with Crippen molar-refractivity contribution in [3.05, 3.63) is 35.6 Å². The number of benzene rings is 1. The van der Waals surface area contributed by atoms with Gasteiger partial charge < -0.3 is 4.90 Å². The molecule has 0 bridgehead atoms. The third-order valence-electron chi connectivity index (χ3n) is 3.60. The molecule has 1 aliphatic rings. The van der Waals surface area contributed by atoms with E-state index in [-0.39, 0.29) is 5.82 Å². The molecule has 0 aromatic heterocycles. The Morgan fingerprint density at radius 2 is 1.94 bits per heavy atom. The predicted octanol–water partition coefficient (Wildman–Crippen LogP) is 1.90. The van der Waals surface area contributed by atoms with E-state index in [0.29, 0.717) is 6.54 Å². The number of nitrogens with zero attached hydrogens (tertiary/aromatic N) is 2. The molecule has 0 atom stereocenters. The normalized spacial score (nSPS) is 19.4. The molecule has 0 radical (unpaired) electrons. The number of piperidine rings is 1. The van der Waals surface area contributed by atoms with Crippen LogP contribution in [0.4, 0.5) is 4.39 Å². The van der Waals surface area contributed by atoms with E-state index in [4.69, 9.17) is 0 Å². The number of halogens is 1. The largest absolute Gasteiger partial charge is 0.306 e. The second-order valence-electron chi connectivity index (χ2n) is 4.98. The summed E-state index contributed by atoms with van der Waals surface area (Å²) in [6, 6.07) is 8.81. The zero-order chi connectivity index (χ0) is 13.0. The Labute approximate surface area is 107 Å². The maximum atomic E-state index is 12.8. The molecule has 0 spiro atoms. The fourth-order valence-electron chi connectivity index (χ4n) is 2.20. The lowest BCUT2D eigenvalue weighted by molar-refractivity contribution is 0.194. The molecule has 1 saturated heterocycles. The molecule has 3 nitrogen and oxygen atoms in total. The van der Waals surface area contributed by atoms with Gasteiger partial charge in [-0.05, 0) is 37.6 Å². The molecule has 2 rings (SSSR count). The Kier molecular flexibility index (Phi) is 3.95. The SMILES string of the molecule is CN1CCC(C#N)(NCc2ccc(F)cc2)CC1. The van der Waals surface area contributed by atoms with Crippen molar-refractivity contribution >= 4 is 0 Å². The van der Waals surface area contributed by atoms with E-state index in [1.54, 1.807) is 12.1 Å². The molecule has 0 unspecified atom stereocenters. The summed E-state index contributed by atoms with van der Waals surface area (Å²) in [7, 11) is 2.07. The van der Waals surface area contributed by atoms with E-state index in [0.717, 1.165) is 31.5 Å². The van der Waals surface area contributed by atoms with Crippen molar-refractivity contribution < 1.29 is 4.39 Å². The molecule has 1 aromatic carbocycles. The fourth-order valence-corrected chi connectivity index (χ4v) is 2.20. The van der Waals surface area contributed by atoms with Gasteiger partial charge in [0.1, 0.15) is 11.4 Å². The molecule has 0 amide bonds. The molecule has 1 aromatic rings. The summed E-state index contributed by atoms with van der Waals surface area (Å²) >= 11 is 0. The topological polar surface area (TPSA) is 39.1 Å². The van der Waals surface area contributed by atoms with Crippen LogP contribution in [0.15, 0.2) is 24.3 Å². The molecular formula is C14H18FN3.